The van der Waals surface area contributed by atoms with Gasteiger partial charge in [0.1, 0.15) is 0 Å². The van der Waals surface area contributed by atoms with E-state index in [1.807, 2.05) is 0 Å². The van der Waals surface area contributed by atoms with E-state index in [-0.39, 0.29) is 0 Å². The molecule has 3 rings (SSSR count). The van der Waals surface area contributed by atoms with Crippen LogP contribution in [0.25, 0.3) is 0 Å². The summed E-state index contributed by atoms with van der Waals surface area (Å²) < 4.78 is 0. The Morgan fingerprint density at radius 3 is 2.60 bits per heavy atom. The van der Waals surface area contributed by atoms with E-state index in [2.05, 4.69) is 84.0 Å². The Balaban J connectivity index is 1.44. The van der Waals surface area contributed by atoms with Crippen molar-refractivity contribution in [2.24, 2.45) is 5.92 Å². The normalized spacial score (nSPS) is 18.7. The zero-order valence-corrected chi connectivity index (χ0v) is 15.9. The second-order valence-electron chi connectivity index (χ2n) is 6.94. The summed E-state index contributed by atoms with van der Waals surface area (Å²) in [6.07, 6.45) is 1.22. The van der Waals surface area contributed by atoms with Crippen LogP contribution in [0.5, 0.6) is 0 Å². The molecule has 2 atom stereocenters. The minimum Gasteiger partial charge on any atom is -0.362 e. The number of anilines is 1. The lowest BCUT2D eigenvalue weighted by atomic mass is 10.1. The summed E-state index contributed by atoms with van der Waals surface area (Å²) >= 11 is 5.43. The molecule has 3 nitrogen and oxygen atoms in total. The Bertz CT molecular complexity index is 684. The molecule has 2 aromatic rings. The van der Waals surface area contributed by atoms with Gasteiger partial charge in [-0.15, -0.1) is 0 Å². The van der Waals surface area contributed by atoms with Gasteiger partial charge >= 0.3 is 0 Å². The molecule has 0 spiro atoms. The van der Waals surface area contributed by atoms with Crippen LogP contribution >= 0.6 is 12.2 Å². The highest BCUT2D eigenvalue weighted by atomic mass is 32.1. The third-order valence-corrected chi connectivity index (χ3v) is 5.25. The van der Waals surface area contributed by atoms with Crippen molar-refractivity contribution in [1.82, 2.24) is 10.2 Å². The van der Waals surface area contributed by atoms with Crippen LogP contribution in [0.15, 0.2) is 54.6 Å². The highest BCUT2D eigenvalue weighted by molar-refractivity contribution is 7.80. The molecule has 25 heavy (non-hydrogen) atoms. The minimum atomic E-state index is 0.476. The van der Waals surface area contributed by atoms with Gasteiger partial charge in [0.2, 0.25) is 0 Å². The van der Waals surface area contributed by atoms with Gasteiger partial charge in [0.05, 0.1) is 0 Å². The van der Waals surface area contributed by atoms with E-state index in [0.29, 0.717) is 17.1 Å². The van der Waals surface area contributed by atoms with Crippen LogP contribution in [0.3, 0.4) is 0 Å². The second-order valence-corrected chi connectivity index (χ2v) is 7.35. The number of nitrogens with one attached hydrogen (secondary N) is 2. The van der Waals surface area contributed by atoms with Crippen LogP contribution in [0.2, 0.25) is 0 Å². The van der Waals surface area contributed by atoms with E-state index in [4.69, 9.17) is 12.2 Å². The Morgan fingerprint density at radius 1 is 1.16 bits per heavy atom. The first-order chi connectivity index (χ1) is 12.1. The quantitative estimate of drug-likeness (QED) is 0.781. The fraction of sp³-hybridized carbons (Fsp3) is 0.381. The van der Waals surface area contributed by atoms with Gasteiger partial charge in [-0.3, -0.25) is 4.90 Å². The molecular weight excluding hydrogens is 326 g/mol. The number of likely N-dealkylation sites (tertiary alicyclic amines) is 1. The van der Waals surface area contributed by atoms with Crippen LogP contribution < -0.4 is 10.6 Å². The Labute approximate surface area is 156 Å². The van der Waals surface area contributed by atoms with Crippen molar-refractivity contribution in [2.45, 2.75) is 26.3 Å². The van der Waals surface area contributed by atoms with Crippen LogP contribution in [0, 0.1) is 12.8 Å². The average molecular weight is 354 g/mol. The predicted molar refractivity (Wildman–Crippen MR) is 110 cm³/mol. The minimum absolute atomic E-state index is 0.476. The first-order valence-corrected chi connectivity index (χ1v) is 9.43. The molecule has 132 valence electrons. The van der Waals surface area contributed by atoms with Crippen molar-refractivity contribution < 1.29 is 0 Å². The van der Waals surface area contributed by atoms with Crippen LogP contribution in [0.1, 0.15) is 30.5 Å². The van der Waals surface area contributed by atoms with E-state index < -0.39 is 0 Å². The van der Waals surface area contributed by atoms with Gasteiger partial charge < -0.3 is 10.6 Å². The predicted octanol–water partition coefficient (Wildman–Crippen LogP) is 4.36. The monoisotopic (exact) mass is 353 g/mol. The summed E-state index contributed by atoms with van der Waals surface area (Å²) in [6.45, 7) is 7.59. The molecule has 1 saturated heterocycles. The van der Waals surface area contributed by atoms with Crippen LogP contribution in [-0.4, -0.2) is 29.6 Å². The summed E-state index contributed by atoms with van der Waals surface area (Å²) in [5.74, 6) is 0.643. The number of aryl methyl sites for hydroxylation is 1. The first-order valence-electron chi connectivity index (χ1n) is 9.02. The maximum absolute atomic E-state index is 5.43. The molecule has 4 heteroatoms. The van der Waals surface area contributed by atoms with Gasteiger partial charge in [0.15, 0.2) is 5.11 Å². The van der Waals surface area contributed by atoms with Crippen LogP contribution in [-0.2, 0) is 0 Å². The van der Waals surface area contributed by atoms with E-state index >= 15 is 0 Å². The van der Waals surface area contributed by atoms with E-state index in [1.165, 1.54) is 17.5 Å². The summed E-state index contributed by atoms with van der Waals surface area (Å²) in [4.78, 5) is 2.57. The van der Waals surface area contributed by atoms with Gasteiger partial charge in [0.25, 0.3) is 0 Å². The van der Waals surface area contributed by atoms with Crippen molar-refractivity contribution >= 4 is 23.0 Å². The van der Waals surface area contributed by atoms with Gasteiger partial charge in [-0.1, -0.05) is 48.0 Å². The van der Waals surface area contributed by atoms with E-state index in [1.54, 1.807) is 0 Å². The van der Waals surface area contributed by atoms with Crippen molar-refractivity contribution in [3.8, 4) is 0 Å². The van der Waals surface area contributed by atoms with Gasteiger partial charge in [-0.25, -0.2) is 0 Å². The summed E-state index contributed by atoms with van der Waals surface area (Å²) in [7, 11) is 0. The molecule has 0 unspecified atom stereocenters. The smallest absolute Gasteiger partial charge is 0.170 e. The molecule has 0 amide bonds. The van der Waals surface area contributed by atoms with E-state index in [9.17, 15) is 0 Å². The molecule has 1 fully saturated rings. The van der Waals surface area contributed by atoms with Crippen molar-refractivity contribution in [3.05, 3.63) is 65.7 Å². The lowest BCUT2D eigenvalue weighted by Crippen LogP contribution is -2.34. The highest BCUT2D eigenvalue weighted by Crippen LogP contribution is 2.26. The average Bonchev–Trinajstić information content (AvgIpc) is 3.11. The Hall–Kier alpha value is -1.91. The molecule has 1 aliphatic heterocycles. The maximum atomic E-state index is 5.43. The first kappa shape index (κ1) is 17.9. The Kier molecular flexibility index (Phi) is 6.05. The molecule has 1 aliphatic rings. The lowest BCUT2D eigenvalue weighted by molar-refractivity contribution is 0.253. The van der Waals surface area contributed by atoms with Crippen molar-refractivity contribution in [2.75, 3.05) is 25.0 Å². The number of thiocarbonyl (C=S) groups is 1. The van der Waals surface area contributed by atoms with Crippen molar-refractivity contribution in [3.63, 3.8) is 0 Å². The summed E-state index contributed by atoms with van der Waals surface area (Å²) in [6, 6.07) is 19.5. The van der Waals surface area contributed by atoms with Crippen LogP contribution in [0.4, 0.5) is 5.69 Å². The molecule has 2 N–H and O–H groups in total. The molecule has 0 aromatic heterocycles. The largest absolute Gasteiger partial charge is 0.362 e. The molecule has 1 heterocycles. The number of hydrogen-bond acceptors (Lipinski definition) is 2. The summed E-state index contributed by atoms with van der Waals surface area (Å²) in [5.41, 5.74) is 3.68. The second kappa shape index (κ2) is 8.45. The van der Waals surface area contributed by atoms with Gasteiger partial charge in [-0.2, -0.15) is 0 Å². The molecule has 0 radical (unpaired) electrons. The zero-order chi connectivity index (χ0) is 17.6. The van der Waals surface area contributed by atoms with Gasteiger partial charge in [0, 0.05) is 24.8 Å². The highest BCUT2D eigenvalue weighted by Gasteiger charge is 2.26. The summed E-state index contributed by atoms with van der Waals surface area (Å²) in [5, 5.41) is 7.35. The fourth-order valence-corrected chi connectivity index (χ4v) is 3.57. The number of rotatable bonds is 5. The lowest BCUT2D eigenvalue weighted by Gasteiger charge is -2.25. The van der Waals surface area contributed by atoms with Gasteiger partial charge in [-0.05, 0) is 62.6 Å². The SMILES string of the molecule is Cc1ccc(NC(=S)NC[C@@H]2CCN([C@H](C)c3ccccc3)C2)cc1. The third kappa shape index (κ3) is 5.03. The number of benzene rings is 2. The number of hydrogen-bond donors (Lipinski definition) is 2. The molecule has 0 aliphatic carbocycles. The topological polar surface area (TPSA) is 27.3 Å². The third-order valence-electron chi connectivity index (χ3n) is 5.01. The fourth-order valence-electron chi connectivity index (χ4n) is 3.37. The van der Waals surface area contributed by atoms with E-state index in [0.717, 1.165) is 25.3 Å². The molecule has 2 aromatic carbocycles. The zero-order valence-electron chi connectivity index (χ0n) is 15.0. The van der Waals surface area contributed by atoms with Crippen molar-refractivity contribution in [1.29, 1.82) is 0 Å². The molecule has 0 saturated carbocycles. The standard InChI is InChI=1S/C21H27N3S/c1-16-8-10-20(11-9-16)23-21(25)22-14-18-12-13-24(15-18)17(2)19-6-4-3-5-7-19/h3-11,17-18H,12-15H2,1-2H3,(H2,22,23,25)/t17-,18+/m1/s1. The number of nitrogens with zero attached hydrogens (tertiary/aromatic N) is 1. The maximum Gasteiger partial charge on any atom is 0.170 e. The molecule has 0 bridgehead atoms. The molecular formula is C21H27N3S. The Morgan fingerprint density at radius 2 is 1.88 bits per heavy atom.